The van der Waals surface area contributed by atoms with Crippen LogP contribution in [0.15, 0.2) is 48.8 Å². The van der Waals surface area contributed by atoms with Crippen molar-refractivity contribution in [1.82, 2.24) is 9.38 Å². The van der Waals surface area contributed by atoms with E-state index in [2.05, 4.69) is 35.4 Å². The minimum absolute atomic E-state index is 0.697. The van der Waals surface area contributed by atoms with E-state index in [1.54, 1.807) is 0 Å². The minimum Gasteiger partial charge on any atom is -0.379 e. The van der Waals surface area contributed by atoms with Crippen LogP contribution >= 0.6 is 11.6 Å². The Morgan fingerprint density at radius 2 is 2.11 bits per heavy atom. The maximum atomic E-state index is 5.95. The summed E-state index contributed by atoms with van der Waals surface area (Å²) in [6.07, 6.45) is 3.85. The molecule has 0 saturated heterocycles. The predicted molar refractivity (Wildman–Crippen MR) is 78.7 cm³/mol. The molecule has 2 aromatic heterocycles. The number of nitrogens with one attached hydrogen (secondary N) is 1. The second-order valence-corrected chi connectivity index (χ2v) is 5.00. The fourth-order valence-corrected chi connectivity index (χ4v) is 2.22. The van der Waals surface area contributed by atoms with Crippen molar-refractivity contribution in [2.45, 2.75) is 13.5 Å². The van der Waals surface area contributed by atoms with Gasteiger partial charge in [0.1, 0.15) is 5.65 Å². The molecule has 1 aromatic carbocycles. The zero-order chi connectivity index (χ0) is 13.2. The largest absolute Gasteiger partial charge is 0.379 e. The Hall–Kier alpha value is -2.00. The van der Waals surface area contributed by atoms with E-state index in [0.717, 1.165) is 17.0 Å². The summed E-state index contributed by atoms with van der Waals surface area (Å²) in [5.74, 6) is 0. The van der Waals surface area contributed by atoms with Gasteiger partial charge < -0.3 is 9.72 Å². The third-order valence-electron chi connectivity index (χ3n) is 2.96. The van der Waals surface area contributed by atoms with Gasteiger partial charge in [-0.05, 0) is 36.8 Å². The van der Waals surface area contributed by atoms with Crippen molar-refractivity contribution in [1.29, 1.82) is 0 Å². The molecule has 1 N–H and O–H groups in total. The number of hydrogen-bond acceptors (Lipinski definition) is 2. The molecule has 0 unspecified atom stereocenters. The number of hydrogen-bond donors (Lipinski definition) is 1. The Labute approximate surface area is 116 Å². The van der Waals surface area contributed by atoms with Crippen molar-refractivity contribution in [3.8, 4) is 0 Å². The zero-order valence-electron chi connectivity index (χ0n) is 10.6. The molecule has 0 radical (unpaired) electrons. The third kappa shape index (κ3) is 2.71. The molecule has 0 aliphatic heterocycles. The lowest BCUT2D eigenvalue weighted by atomic mass is 10.2. The normalized spacial score (nSPS) is 10.8. The van der Waals surface area contributed by atoms with Crippen LogP contribution in [-0.2, 0) is 6.54 Å². The lowest BCUT2D eigenvalue weighted by Crippen LogP contribution is -1.99. The van der Waals surface area contributed by atoms with Crippen molar-refractivity contribution in [2.75, 3.05) is 5.32 Å². The topological polar surface area (TPSA) is 29.3 Å². The number of nitrogens with zero attached hydrogens (tertiary/aromatic N) is 2. The zero-order valence-corrected chi connectivity index (χ0v) is 11.4. The molecule has 0 aliphatic carbocycles. The van der Waals surface area contributed by atoms with Crippen LogP contribution in [0, 0.1) is 6.92 Å². The summed E-state index contributed by atoms with van der Waals surface area (Å²) in [5, 5.41) is 4.08. The van der Waals surface area contributed by atoms with Gasteiger partial charge >= 0.3 is 0 Å². The Bertz CT molecular complexity index is 718. The number of aromatic nitrogens is 2. The number of halogens is 1. The highest BCUT2D eigenvalue weighted by Crippen LogP contribution is 2.14. The van der Waals surface area contributed by atoms with Gasteiger partial charge in [-0.2, -0.15) is 0 Å². The summed E-state index contributed by atoms with van der Waals surface area (Å²) in [6, 6.07) is 12.1. The van der Waals surface area contributed by atoms with Crippen LogP contribution in [0.4, 0.5) is 5.69 Å². The van der Waals surface area contributed by atoms with Crippen LogP contribution in [0.3, 0.4) is 0 Å². The highest BCUT2D eigenvalue weighted by atomic mass is 35.5. The molecule has 0 aliphatic rings. The number of pyridine rings is 1. The first-order valence-corrected chi connectivity index (χ1v) is 6.52. The maximum Gasteiger partial charge on any atom is 0.137 e. The molecule has 0 spiro atoms. The third-order valence-corrected chi connectivity index (χ3v) is 3.18. The first-order chi connectivity index (χ1) is 9.20. The smallest absolute Gasteiger partial charge is 0.137 e. The van der Waals surface area contributed by atoms with Gasteiger partial charge in [-0.3, -0.25) is 0 Å². The molecule has 0 bridgehead atoms. The van der Waals surface area contributed by atoms with Crippen molar-refractivity contribution >= 4 is 22.9 Å². The monoisotopic (exact) mass is 271 g/mol. The van der Waals surface area contributed by atoms with Crippen molar-refractivity contribution in [3.05, 3.63) is 65.1 Å². The first kappa shape index (κ1) is 12.1. The molecule has 0 saturated carbocycles. The van der Waals surface area contributed by atoms with E-state index < -0.39 is 0 Å². The Kier molecular flexibility index (Phi) is 3.13. The molecule has 0 atom stereocenters. The predicted octanol–water partition coefficient (Wildman–Crippen LogP) is 3.91. The second kappa shape index (κ2) is 4.94. The van der Waals surface area contributed by atoms with Gasteiger partial charge in [0, 0.05) is 18.1 Å². The highest BCUT2D eigenvalue weighted by molar-refractivity contribution is 6.30. The molecular formula is C15H14ClN3. The summed E-state index contributed by atoms with van der Waals surface area (Å²) < 4.78 is 1.94. The molecule has 3 aromatic rings. The van der Waals surface area contributed by atoms with Crippen LogP contribution < -0.4 is 5.32 Å². The standard InChI is InChI=1S/C15H14ClN3/c1-11-3-2-4-13(7-11)17-8-14-10-19-9-12(16)5-6-15(19)18-14/h2-7,9-10,17H,8H2,1H3. The van der Waals surface area contributed by atoms with Crippen molar-refractivity contribution in [3.63, 3.8) is 0 Å². The molecule has 0 amide bonds. The van der Waals surface area contributed by atoms with E-state index in [1.165, 1.54) is 5.56 Å². The average Bonchev–Trinajstić information content (AvgIpc) is 2.78. The molecule has 2 heterocycles. The summed E-state index contributed by atoms with van der Waals surface area (Å²) in [7, 11) is 0. The Morgan fingerprint density at radius 3 is 2.95 bits per heavy atom. The number of rotatable bonds is 3. The van der Waals surface area contributed by atoms with Crippen molar-refractivity contribution in [2.24, 2.45) is 0 Å². The second-order valence-electron chi connectivity index (χ2n) is 4.57. The number of benzene rings is 1. The minimum atomic E-state index is 0.697. The van der Waals surface area contributed by atoms with Gasteiger partial charge in [0.25, 0.3) is 0 Å². The van der Waals surface area contributed by atoms with Gasteiger partial charge in [-0.1, -0.05) is 23.7 Å². The molecule has 0 fully saturated rings. The lowest BCUT2D eigenvalue weighted by Gasteiger charge is -2.04. The number of imidazole rings is 1. The van der Waals surface area contributed by atoms with Gasteiger partial charge in [-0.15, -0.1) is 0 Å². The van der Waals surface area contributed by atoms with Crippen molar-refractivity contribution < 1.29 is 0 Å². The molecule has 19 heavy (non-hydrogen) atoms. The van der Waals surface area contributed by atoms with E-state index in [0.29, 0.717) is 11.6 Å². The van der Waals surface area contributed by atoms with E-state index in [1.807, 2.05) is 35.0 Å². The maximum absolute atomic E-state index is 5.95. The molecular weight excluding hydrogens is 258 g/mol. The van der Waals surface area contributed by atoms with Crippen LogP contribution in [-0.4, -0.2) is 9.38 Å². The summed E-state index contributed by atoms with van der Waals surface area (Å²) in [4.78, 5) is 4.53. The number of fused-ring (bicyclic) bond motifs is 1. The van der Waals surface area contributed by atoms with Crippen LogP contribution in [0.25, 0.3) is 5.65 Å². The van der Waals surface area contributed by atoms with E-state index in [-0.39, 0.29) is 0 Å². The Balaban J connectivity index is 1.78. The quantitative estimate of drug-likeness (QED) is 0.783. The van der Waals surface area contributed by atoms with Crippen LogP contribution in [0.1, 0.15) is 11.3 Å². The first-order valence-electron chi connectivity index (χ1n) is 6.14. The van der Waals surface area contributed by atoms with Gasteiger partial charge in [0.15, 0.2) is 0 Å². The molecule has 4 heteroatoms. The van der Waals surface area contributed by atoms with Crippen LogP contribution in [0.5, 0.6) is 0 Å². The summed E-state index contributed by atoms with van der Waals surface area (Å²) in [6.45, 7) is 2.78. The lowest BCUT2D eigenvalue weighted by molar-refractivity contribution is 1.08. The van der Waals surface area contributed by atoms with E-state index in [4.69, 9.17) is 11.6 Å². The van der Waals surface area contributed by atoms with E-state index >= 15 is 0 Å². The molecule has 3 rings (SSSR count). The summed E-state index contributed by atoms with van der Waals surface area (Å²) >= 11 is 5.95. The average molecular weight is 272 g/mol. The fourth-order valence-electron chi connectivity index (χ4n) is 2.05. The van der Waals surface area contributed by atoms with Crippen LogP contribution in [0.2, 0.25) is 5.02 Å². The number of anilines is 1. The number of aryl methyl sites for hydroxylation is 1. The SMILES string of the molecule is Cc1cccc(NCc2cn3cc(Cl)ccc3n2)c1. The Morgan fingerprint density at radius 1 is 1.21 bits per heavy atom. The summed E-state index contributed by atoms with van der Waals surface area (Å²) in [5.41, 5.74) is 4.25. The highest BCUT2D eigenvalue weighted by Gasteiger charge is 2.02. The van der Waals surface area contributed by atoms with Gasteiger partial charge in [0.2, 0.25) is 0 Å². The van der Waals surface area contributed by atoms with Gasteiger partial charge in [-0.25, -0.2) is 4.98 Å². The fraction of sp³-hybridized carbons (Fsp3) is 0.133. The van der Waals surface area contributed by atoms with Gasteiger partial charge in [0.05, 0.1) is 17.3 Å². The molecule has 96 valence electrons. The van der Waals surface area contributed by atoms with E-state index in [9.17, 15) is 0 Å². The molecule has 3 nitrogen and oxygen atoms in total.